The van der Waals surface area contributed by atoms with Gasteiger partial charge in [-0.25, -0.2) is 17.5 Å². The zero-order chi connectivity index (χ0) is 20.3. The van der Waals surface area contributed by atoms with Crippen LogP contribution in [0.3, 0.4) is 0 Å². The zero-order valence-electron chi connectivity index (χ0n) is 15.0. The van der Waals surface area contributed by atoms with Gasteiger partial charge in [0, 0.05) is 5.69 Å². The van der Waals surface area contributed by atoms with E-state index in [1.165, 1.54) is 42.5 Å². The summed E-state index contributed by atoms with van der Waals surface area (Å²) in [6, 6.07) is 11.8. The lowest BCUT2D eigenvalue weighted by molar-refractivity contribution is -0.116. The summed E-state index contributed by atoms with van der Waals surface area (Å²) in [5.74, 6) is -1.88. The van der Waals surface area contributed by atoms with Gasteiger partial charge in [-0.3, -0.25) is 9.59 Å². The number of esters is 1. The van der Waals surface area contributed by atoms with Crippen molar-refractivity contribution in [1.82, 2.24) is 4.31 Å². The molecule has 0 saturated carbocycles. The Morgan fingerprint density at radius 3 is 2.39 bits per heavy atom. The highest BCUT2D eigenvalue weighted by Crippen LogP contribution is 2.29. The Bertz CT molecular complexity index is 1030. The van der Waals surface area contributed by atoms with Crippen LogP contribution in [0.1, 0.15) is 34.1 Å². The lowest BCUT2D eigenvalue weighted by Gasteiger charge is -2.15. The van der Waals surface area contributed by atoms with Gasteiger partial charge in [0.15, 0.2) is 0 Å². The number of anilines is 1. The molecule has 0 bridgehead atoms. The molecule has 1 aliphatic rings. The first kappa shape index (κ1) is 19.6. The fraction of sp³-hybridized carbons (Fsp3) is 0.211. The molecular formula is C19H18N2O6S. The Labute approximate surface area is 162 Å². The van der Waals surface area contributed by atoms with Gasteiger partial charge in [0.25, 0.3) is 15.9 Å². The fourth-order valence-electron chi connectivity index (χ4n) is 2.69. The van der Waals surface area contributed by atoms with Crippen LogP contribution in [0.15, 0.2) is 53.4 Å². The van der Waals surface area contributed by atoms with E-state index in [-0.39, 0.29) is 10.5 Å². The van der Waals surface area contributed by atoms with Gasteiger partial charge in [-0.1, -0.05) is 19.1 Å². The highest BCUT2D eigenvalue weighted by atomic mass is 32.2. The van der Waals surface area contributed by atoms with E-state index in [2.05, 4.69) is 5.32 Å². The van der Waals surface area contributed by atoms with Crippen molar-refractivity contribution in [2.24, 2.45) is 0 Å². The summed E-state index contributed by atoms with van der Waals surface area (Å²) in [5.41, 5.74) is 0.739. The second-order valence-electron chi connectivity index (χ2n) is 6.07. The van der Waals surface area contributed by atoms with Gasteiger partial charge in [-0.05, 0) is 42.8 Å². The van der Waals surface area contributed by atoms with Crippen molar-refractivity contribution in [3.8, 4) is 0 Å². The lowest BCUT2D eigenvalue weighted by Crippen LogP contribution is -2.37. The summed E-state index contributed by atoms with van der Waals surface area (Å²) in [5, 5.41) is 2.51. The molecule has 8 nitrogen and oxygen atoms in total. The highest BCUT2D eigenvalue weighted by molar-refractivity contribution is 7.90. The molecule has 0 aromatic heterocycles. The maximum absolute atomic E-state index is 12.5. The summed E-state index contributed by atoms with van der Waals surface area (Å²) in [7, 11) is -4.05. The van der Waals surface area contributed by atoms with Crippen LogP contribution in [-0.4, -0.2) is 43.7 Å². The molecule has 1 heterocycles. The third kappa shape index (κ3) is 3.74. The van der Waals surface area contributed by atoms with Gasteiger partial charge >= 0.3 is 5.97 Å². The summed E-state index contributed by atoms with van der Waals surface area (Å²) in [6.07, 6.45) is 0.710. The van der Waals surface area contributed by atoms with E-state index >= 15 is 0 Å². The van der Waals surface area contributed by atoms with E-state index in [1.807, 2.05) is 6.92 Å². The molecule has 2 aromatic rings. The summed E-state index contributed by atoms with van der Waals surface area (Å²) < 4.78 is 30.5. The monoisotopic (exact) mass is 402 g/mol. The molecule has 28 heavy (non-hydrogen) atoms. The number of rotatable bonds is 6. The molecule has 0 radical (unpaired) electrons. The van der Waals surface area contributed by atoms with Crippen LogP contribution in [0, 0.1) is 0 Å². The summed E-state index contributed by atoms with van der Waals surface area (Å²) in [6.45, 7) is 1.56. The van der Waals surface area contributed by atoms with Crippen LogP contribution in [0.4, 0.5) is 5.69 Å². The average Bonchev–Trinajstić information content (AvgIpc) is 2.88. The molecule has 146 valence electrons. The highest BCUT2D eigenvalue weighted by Gasteiger charge is 2.41. The fourth-order valence-corrected chi connectivity index (χ4v) is 4.21. The molecule has 0 spiro atoms. The van der Waals surface area contributed by atoms with Gasteiger partial charge in [0.05, 0.1) is 17.7 Å². The van der Waals surface area contributed by atoms with Crippen molar-refractivity contribution >= 4 is 33.5 Å². The molecule has 1 aliphatic heterocycles. The van der Waals surface area contributed by atoms with E-state index in [1.54, 1.807) is 6.07 Å². The number of carbonyl (C=O) groups is 3. The molecule has 3 rings (SSSR count). The van der Waals surface area contributed by atoms with Crippen molar-refractivity contribution < 1.29 is 27.5 Å². The molecule has 0 atom stereocenters. The van der Waals surface area contributed by atoms with Crippen molar-refractivity contribution in [3.63, 3.8) is 0 Å². The summed E-state index contributed by atoms with van der Waals surface area (Å²) in [4.78, 5) is 36.2. The van der Waals surface area contributed by atoms with Crippen molar-refractivity contribution in [1.29, 1.82) is 0 Å². The van der Waals surface area contributed by atoms with Gasteiger partial charge in [-0.2, -0.15) is 0 Å². The second kappa shape index (κ2) is 7.81. The number of ether oxygens (including phenoxy) is 1. The molecule has 1 N–H and O–H groups in total. The minimum atomic E-state index is -4.05. The van der Waals surface area contributed by atoms with E-state index < -0.39 is 34.4 Å². The Balaban J connectivity index is 1.67. The topological polar surface area (TPSA) is 110 Å². The summed E-state index contributed by atoms with van der Waals surface area (Å²) >= 11 is 0. The number of carbonyl (C=O) groups excluding carboxylic acids is 3. The number of amides is 2. The van der Waals surface area contributed by atoms with Crippen LogP contribution < -0.4 is 5.32 Å². The number of nitrogens with one attached hydrogen (secondary N) is 1. The Morgan fingerprint density at radius 2 is 1.75 bits per heavy atom. The standard InChI is InChI=1S/C19H18N2O6S/c1-2-11-27-19(24)13-7-9-14(10-8-13)20-17(22)12-21-18(23)15-5-3-4-6-16(15)28(21,25)26/h3-10H,2,11-12H2,1H3,(H,20,22). The minimum Gasteiger partial charge on any atom is -0.462 e. The second-order valence-corrected chi connectivity index (χ2v) is 7.91. The van der Waals surface area contributed by atoms with E-state index in [9.17, 15) is 22.8 Å². The number of hydrogen-bond donors (Lipinski definition) is 1. The SMILES string of the molecule is CCCOC(=O)c1ccc(NC(=O)CN2C(=O)c3ccccc3S2(=O)=O)cc1. The maximum Gasteiger partial charge on any atom is 0.338 e. The quantitative estimate of drug-likeness (QED) is 0.741. The maximum atomic E-state index is 12.5. The first-order valence-corrected chi connectivity index (χ1v) is 10.0. The van der Waals surface area contributed by atoms with Gasteiger partial charge in [0.2, 0.25) is 5.91 Å². The first-order valence-electron chi connectivity index (χ1n) is 8.57. The van der Waals surface area contributed by atoms with Crippen LogP contribution >= 0.6 is 0 Å². The average molecular weight is 402 g/mol. The minimum absolute atomic E-state index is 0.0465. The van der Waals surface area contributed by atoms with Crippen LogP contribution in [0.25, 0.3) is 0 Å². The molecule has 2 amide bonds. The smallest absolute Gasteiger partial charge is 0.338 e. The molecule has 0 aliphatic carbocycles. The third-order valence-corrected chi connectivity index (χ3v) is 5.83. The molecule has 0 unspecified atom stereocenters. The Morgan fingerprint density at radius 1 is 1.07 bits per heavy atom. The van der Waals surface area contributed by atoms with Crippen molar-refractivity contribution in [2.45, 2.75) is 18.2 Å². The van der Waals surface area contributed by atoms with Gasteiger partial charge in [0.1, 0.15) is 11.4 Å². The number of sulfonamides is 1. The largest absolute Gasteiger partial charge is 0.462 e. The van der Waals surface area contributed by atoms with Crippen molar-refractivity contribution in [2.75, 3.05) is 18.5 Å². The van der Waals surface area contributed by atoms with Gasteiger partial charge < -0.3 is 10.1 Å². The number of nitrogens with zero attached hydrogens (tertiary/aromatic N) is 1. The van der Waals surface area contributed by atoms with E-state index in [4.69, 9.17) is 4.74 Å². The molecule has 0 fully saturated rings. The van der Waals surface area contributed by atoms with Crippen LogP contribution in [0.2, 0.25) is 0 Å². The molecular weight excluding hydrogens is 384 g/mol. The number of fused-ring (bicyclic) bond motifs is 1. The normalized spacial score (nSPS) is 14.5. The third-order valence-electron chi connectivity index (χ3n) is 4.04. The lowest BCUT2D eigenvalue weighted by atomic mass is 10.2. The zero-order valence-corrected chi connectivity index (χ0v) is 15.9. The first-order chi connectivity index (χ1) is 13.3. The Hall–Kier alpha value is -3.20. The number of benzene rings is 2. The molecule has 9 heteroatoms. The van der Waals surface area contributed by atoms with E-state index in [0.717, 1.165) is 0 Å². The predicted octanol–water partition coefficient (Wildman–Crippen LogP) is 2.04. The van der Waals surface area contributed by atoms with Crippen molar-refractivity contribution in [3.05, 3.63) is 59.7 Å². The van der Waals surface area contributed by atoms with Crippen LogP contribution in [0.5, 0.6) is 0 Å². The van der Waals surface area contributed by atoms with E-state index in [0.29, 0.717) is 28.6 Å². The van der Waals surface area contributed by atoms with Gasteiger partial charge in [-0.15, -0.1) is 0 Å². The van der Waals surface area contributed by atoms with Crippen LogP contribution in [-0.2, 0) is 19.6 Å². The molecule has 2 aromatic carbocycles. The number of hydrogen-bond acceptors (Lipinski definition) is 6. The predicted molar refractivity (Wildman–Crippen MR) is 100 cm³/mol. The Kier molecular flexibility index (Phi) is 5.46. The molecule has 0 saturated heterocycles.